The maximum absolute atomic E-state index is 5.13. The van der Waals surface area contributed by atoms with Crippen molar-refractivity contribution in [3.8, 4) is 5.88 Å². The Morgan fingerprint density at radius 1 is 1.56 bits per heavy atom. The number of pyridine rings is 1. The average Bonchev–Trinajstić information content (AvgIpc) is 2.76. The Morgan fingerprint density at radius 2 is 2.44 bits per heavy atom. The fourth-order valence-corrected chi connectivity index (χ4v) is 2.88. The molecule has 1 aromatic heterocycles. The van der Waals surface area contributed by atoms with E-state index in [9.17, 15) is 0 Å². The van der Waals surface area contributed by atoms with Crippen LogP contribution in [0.4, 0.5) is 0 Å². The molecule has 2 heterocycles. The van der Waals surface area contributed by atoms with Crippen LogP contribution in [0.5, 0.6) is 5.88 Å². The van der Waals surface area contributed by atoms with Crippen molar-refractivity contribution in [3.63, 3.8) is 0 Å². The number of hydrogen-bond acceptors (Lipinski definition) is 3. The standard InChI is InChI=1S/C12H17BrN2O/c1-16-12-6-2-4-10(14-12)9-15-7-3-5-11(15)8-13/h2,4,6,11H,3,5,7-9H2,1H3. The van der Waals surface area contributed by atoms with Gasteiger partial charge in [-0.25, -0.2) is 4.98 Å². The molecule has 0 N–H and O–H groups in total. The molecule has 1 atom stereocenters. The number of rotatable bonds is 4. The third-order valence-corrected chi connectivity index (χ3v) is 3.78. The van der Waals surface area contributed by atoms with Crippen LogP contribution < -0.4 is 4.74 Å². The Labute approximate surface area is 105 Å². The van der Waals surface area contributed by atoms with Gasteiger partial charge in [0.25, 0.3) is 0 Å². The Hall–Kier alpha value is -0.610. The van der Waals surface area contributed by atoms with Gasteiger partial charge >= 0.3 is 0 Å². The highest BCUT2D eigenvalue weighted by Crippen LogP contribution is 2.21. The third kappa shape index (κ3) is 2.74. The van der Waals surface area contributed by atoms with E-state index in [4.69, 9.17) is 4.74 Å². The van der Waals surface area contributed by atoms with Crippen LogP contribution in [0.2, 0.25) is 0 Å². The number of ether oxygens (including phenoxy) is 1. The van der Waals surface area contributed by atoms with Crippen LogP contribution in [-0.2, 0) is 6.54 Å². The van der Waals surface area contributed by atoms with Gasteiger partial charge < -0.3 is 4.74 Å². The Kier molecular flexibility index (Phi) is 4.18. The first-order valence-electron chi connectivity index (χ1n) is 5.63. The fraction of sp³-hybridized carbons (Fsp3) is 0.583. The smallest absolute Gasteiger partial charge is 0.213 e. The highest BCUT2D eigenvalue weighted by atomic mass is 79.9. The largest absolute Gasteiger partial charge is 0.481 e. The maximum Gasteiger partial charge on any atom is 0.213 e. The average molecular weight is 285 g/mol. The predicted octanol–water partition coefficient (Wildman–Crippen LogP) is 2.45. The van der Waals surface area contributed by atoms with Gasteiger partial charge in [-0.15, -0.1) is 0 Å². The van der Waals surface area contributed by atoms with E-state index in [1.165, 1.54) is 19.4 Å². The molecule has 0 saturated carbocycles. The van der Waals surface area contributed by atoms with Gasteiger partial charge in [-0.1, -0.05) is 22.0 Å². The van der Waals surface area contributed by atoms with Crippen molar-refractivity contribution in [2.45, 2.75) is 25.4 Å². The van der Waals surface area contributed by atoms with Gasteiger partial charge in [0, 0.05) is 24.0 Å². The molecule has 0 radical (unpaired) electrons. The summed E-state index contributed by atoms with van der Waals surface area (Å²) in [5.41, 5.74) is 1.09. The molecular formula is C12H17BrN2O. The molecule has 0 spiro atoms. The SMILES string of the molecule is COc1cccc(CN2CCCC2CBr)n1. The van der Waals surface area contributed by atoms with Crippen molar-refractivity contribution >= 4 is 15.9 Å². The number of halogens is 1. The molecule has 1 unspecified atom stereocenters. The lowest BCUT2D eigenvalue weighted by Gasteiger charge is -2.22. The first kappa shape index (κ1) is 11.9. The monoisotopic (exact) mass is 284 g/mol. The predicted molar refractivity (Wildman–Crippen MR) is 68.0 cm³/mol. The molecule has 88 valence electrons. The first-order valence-corrected chi connectivity index (χ1v) is 6.75. The maximum atomic E-state index is 5.13. The third-order valence-electron chi connectivity index (χ3n) is 3.03. The quantitative estimate of drug-likeness (QED) is 0.795. The van der Waals surface area contributed by atoms with Crippen molar-refractivity contribution in [1.82, 2.24) is 9.88 Å². The summed E-state index contributed by atoms with van der Waals surface area (Å²) in [6.45, 7) is 2.10. The molecular weight excluding hydrogens is 268 g/mol. The number of hydrogen-bond donors (Lipinski definition) is 0. The van der Waals surface area contributed by atoms with Gasteiger partial charge in [-0.3, -0.25) is 4.90 Å². The Balaban J connectivity index is 2.02. The van der Waals surface area contributed by atoms with E-state index >= 15 is 0 Å². The summed E-state index contributed by atoms with van der Waals surface area (Å²) < 4.78 is 5.13. The van der Waals surface area contributed by atoms with Gasteiger partial charge in [0.15, 0.2) is 0 Å². The normalized spacial score (nSPS) is 21.2. The minimum absolute atomic E-state index is 0.660. The summed E-state index contributed by atoms with van der Waals surface area (Å²) in [7, 11) is 1.66. The summed E-state index contributed by atoms with van der Waals surface area (Å²) in [5, 5.41) is 1.05. The van der Waals surface area contributed by atoms with E-state index in [2.05, 4.69) is 31.9 Å². The van der Waals surface area contributed by atoms with E-state index in [-0.39, 0.29) is 0 Å². The Bertz CT molecular complexity index is 346. The molecule has 1 aliphatic rings. The molecule has 0 bridgehead atoms. The van der Waals surface area contributed by atoms with E-state index in [0.717, 1.165) is 17.6 Å². The Morgan fingerprint density at radius 3 is 3.19 bits per heavy atom. The zero-order chi connectivity index (χ0) is 11.4. The topological polar surface area (TPSA) is 25.4 Å². The van der Waals surface area contributed by atoms with Gasteiger partial charge in [-0.05, 0) is 25.5 Å². The second-order valence-electron chi connectivity index (χ2n) is 4.09. The zero-order valence-corrected chi connectivity index (χ0v) is 11.1. The molecule has 4 heteroatoms. The number of methoxy groups -OCH3 is 1. The number of likely N-dealkylation sites (tertiary alicyclic amines) is 1. The lowest BCUT2D eigenvalue weighted by Crippen LogP contribution is -2.30. The van der Waals surface area contributed by atoms with Crippen LogP contribution in [0, 0.1) is 0 Å². The van der Waals surface area contributed by atoms with Crippen molar-refractivity contribution in [3.05, 3.63) is 23.9 Å². The van der Waals surface area contributed by atoms with Crippen LogP contribution >= 0.6 is 15.9 Å². The minimum Gasteiger partial charge on any atom is -0.481 e. The molecule has 0 amide bonds. The van der Waals surface area contributed by atoms with Gasteiger partial charge in [0.05, 0.1) is 12.8 Å². The summed E-state index contributed by atoms with van der Waals surface area (Å²) in [5.74, 6) is 0.701. The number of alkyl halides is 1. The lowest BCUT2D eigenvalue weighted by molar-refractivity contribution is 0.260. The molecule has 1 aromatic rings. The molecule has 2 rings (SSSR count). The molecule has 0 aromatic carbocycles. The molecule has 1 fully saturated rings. The van der Waals surface area contributed by atoms with E-state index in [0.29, 0.717) is 11.9 Å². The summed E-state index contributed by atoms with van der Waals surface area (Å²) in [6, 6.07) is 6.61. The van der Waals surface area contributed by atoms with Crippen molar-refractivity contribution < 1.29 is 4.74 Å². The first-order chi connectivity index (χ1) is 7.83. The highest BCUT2D eigenvalue weighted by Gasteiger charge is 2.23. The summed E-state index contributed by atoms with van der Waals surface area (Å²) in [4.78, 5) is 6.93. The van der Waals surface area contributed by atoms with Crippen molar-refractivity contribution in [1.29, 1.82) is 0 Å². The molecule has 1 aliphatic heterocycles. The second kappa shape index (κ2) is 5.64. The van der Waals surface area contributed by atoms with Gasteiger partial charge in [0.2, 0.25) is 5.88 Å². The number of nitrogens with zero attached hydrogens (tertiary/aromatic N) is 2. The van der Waals surface area contributed by atoms with Gasteiger partial charge in [0.1, 0.15) is 0 Å². The fourth-order valence-electron chi connectivity index (χ4n) is 2.15. The molecule has 3 nitrogen and oxygen atoms in total. The lowest BCUT2D eigenvalue weighted by atomic mass is 10.2. The second-order valence-corrected chi connectivity index (χ2v) is 4.74. The van der Waals surface area contributed by atoms with E-state index < -0.39 is 0 Å². The molecule has 0 aliphatic carbocycles. The zero-order valence-electron chi connectivity index (χ0n) is 9.53. The van der Waals surface area contributed by atoms with Crippen LogP contribution in [0.25, 0.3) is 0 Å². The highest BCUT2D eigenvalue weighted by molar-refractivity contribution is 9.09. The summed E-state index contributed by atoms with van der Waals surface area (Å²) in [6.07, 6.45) is 2.58. The van der Waals surface area contributed by atoms with Crippen molar-refractivity contribution in [2.24, 2.45) is 0 Å². The van der Waals surface area contributed by atoms with Crippen LogP contribution in [-0.4, -0.2) is 34.9 Å². The van der Waals surface area contributed by atoms with E-state index in [1.54, 1.807) is 7.11 Å². The minimum atomic E-state index is 0.660. The number of aromatic nitrogens is 1. The van der Waals surface area contributed by atoms with Crippen LogP contribution in [0.15, 0.2) is 18.2 Å². The van der Waals surface area contributed by atoms with Crippen LogP contribution in [0.3, 0.4) is 0 Å². The van der Waals surface area contributed by atoms with Crippen molar-refractivity contribution in [2.75, 3.05) is 19.0 Å². The molecule has 1 saturated heterocycles. The molecule has 16 heavy (non-hydrogen) atoms. The summed E-state index contributed by atoms with van der Waals surface area (Å²) >= 11 is 3.57. The van der Waals surface area contributed by atoms with E-state index in [1.807, 2.05) is 12.1 Å². The van der Waals surface area contributed by atoms with Crippen LogP contribution in [0.1, 0.15) is 18.5 Å². The van der Waals surface area contributed by atoms with Gasteiger partial charge in [-0.2, -0.15) is 0 Å².